The molecule has 1 N–H and O–H groups in total. The molecule has 112 valence electrons. The number of hydrogen-bond acceptors (Lipinski definition) is 2. The van der Waals surface area contributed by atoms with Crippen LogP contribution < -0.4 is 5.32 Å². The summed E-state index contributed by atoms with van der Waals surface area (Å²) < 4.78 is 43.4. The molecule has 2 atom stereocenters. The summed E-state index contributed by atoms with van der Waals surface area (Å²) in [6.07, 6.45) is -3.01. The van der Waals surface area contributed by atoms with Gasteiger partial charge in [0.15, 0.2) is 0 Å². The van der Waals surface area contributed by atoms with Gasteiger partial charge in [0.1, 0.15) is 0 Å². The van der Waals surface area contributed by atoms with E-state index in [1.807, 2.05) is 6.07 Å². The van der Waals surface area contributed by atoms with Gasteiger partial charge in [0.05, 0.1) is 13.0 Å². The first-order chi connectivity index (χ1) is 9.54. The summed E-state index contributed by atoms with van der Waals surface area (Å²) in [7, 11) is 0. The fourth-order valence-corrected chi connectivity index (χ4v) is 2.50. The summed E-state index contributed by atoms with van der Waals surface area (Å²) in [6, 6.07) is 8.14. The highest BCUT2D eigenvalue weighted by Gasteiger charge is 2.32. The molecule has 0 bridgehead atoms. The molecule has 1 aromatic rings. The number of rotatable bonds is 5. The normalized spacial score (nSPS) is 21.6. The van der Waals surface area contributed by atoms with Crippen molar-refractivity contribution in [2.45, 2.75) is 31.5 Å². The highest BCUT2D eigenvalue weighted by molar-refractivity contribution is 5.19. The Morgan fingerprint density at radius 3 is 2.60 bits per heavy atom. The SMILES string of the molecule is FC(F)(F)CC(NCC1CCCOC1)c1ccccc1. The average molecular weight is 287 g/mol. The lowest BCUT2D eigenvalue weighted by Gasteiger charge is -2.26. The number of hydrogen-bond donors (Lipinski definition) is 1. The van der Waals surface area contributed by atoms with Gasteiger partial charge in [-0.25, -0.2) is 0 Å². The molecule has 1 aliphatic heterocycles. The zero-order valence-corrected chi connectivity index (χ0v) is 11.3. The maximum Gasteiger partial charge on any atom is 0.390 e. The van der Waals surface area contributed by atoms with Crippen molar-refractivity contribution in [3.05, 3.63) is 35.9 Å². The van der Waals surface area contributed by atoms with E-state index in [2.05, 4.69) is 5.32 Å². The molecule has 2 rings (SSSR count). The molecule has 1 aliphatic rings. The molecule has 20 heavy (non-hydrogen) atoms. The van der Waals surface area contributed by atoms with Gasteiger partial charge < -0.3 is 10.1 Å². The Morgan fingerprint density at radius 2 is 2.00 bits per heavy atom. The summed E-state index contributed by atoms with van der Waals surface area (Å²) in [4.78, 5) is 0. The van der Waals surface area contributed by atoms with Crippen molar-refractivity contribution in [1.29, 1.82) is 0 Å². The zero-order valence-electron chi connectivity index (χ0n) is 11.3. The Bertz CT molecular complexity index is 388. The van der Waals surface area contributed by atoms with Gasteiger partial charge >= 0.3 is 6.18 Å². The number of halogens is 3. The largest absolute Gasteiger partial charge is 0.390 e. The van der Waals surface area contributed by atoms with E-state index < -0.39 is 18.6 Å². The highest BCUT2D eigenvalue weighted by atomic mass is 19.4. The molecule has 0 radical (unpaired) electrons. The smallest absolute Gasteiger partial charge is 0.381 e. The second-order valence-corrected chi connectivity index (χ2v) is 5.27. The summed E-state index contributed by atoms with van der Waals surface area (Å²) in [5.41, 5.74) is 0.682. The molecule has 1 heterocycles. The Balaban J connectivity index is 1.95. The first-order valence-electron chi connectivity index (χ1n) is 6.97. The molecule has 0 aromatic heterocycles. The molecule has 0 amide bonds. The number of benzene rings is 1. The highest BCUT2D eigenvalue weighted by Crippen LogP contribution is 2.29. The first-order valence-corrected chi connectivity index (χ1v) is 6.97. The minimum absolute atomic E-state index is 0.309. The van der Waals surface area contributed by atoms with Gasteiger partial charge in [-0.3, -0.25) is 0 Å². The van der Waals surface area contributed by atoms with Gasteiger partial charge in [0, 0.05) is 19.2 Å². The Kier molecular flexibility index (Phi) is 5.43. The third-order valence-corrected chi connectivity index (χ3v) is 3.55. The van der Waals surface area contributed by atoms with Crippen molar-refractivity contribution in [2.24, 2.45) is 5.92 Å². The third-order valence-electron chi connectivity index (χ3n) is 3.55. The molecule has 2 nitrogen and oxygen atoms in total. The molecular weight excluding hydrogens is 267 g/mol. The van der Waals surface area contributed by atoms with Crippen molar-refractivity contribution in [3.63, 3.8) is 0 Å². The van der Waals surface area contributed by atoms with Crippen LogP contribution in [0.15, 0.2) is 30.3 Å². The quantitative estimate of drug-likeness (QED) is 0.891. The van der Waals surface area contributed by atoms with Gasteiger partial charge in [0.25, 0.3) is 0 Å². The number of alkyl halides is 3. The van der Waals surface area contributed by atoms with Gasteiger partial charge in [-0.15, -0.1) is 0 Å². The van der Waals surface area contributed by atoms with E-state index in [0.29, 0.717) is 24.6 Å². The van der Waals surface area contributed by atoms with Crippen molar-refractivity contribution in [1.82, 2.24) is 5.32 Å². The van der Waals surface area contributed by atoms with Crippen LogP contribution in [0.25, 0.3) is 0 Å². The molecule has 1 fully saturated rings. The van der Waals surface area contributed by atoms with Crippen LogP contribution in [0.2, 0.25) is 0 Å². The Morgan fingerprint density at radius 1 is 1.25 bits per heavy atom. The van der Waals surface area contributed by atoms with Crippen LogP contribution in [-0.2, 0) is 4.74 Å². The van der Waals surface area contributed by atoms with Crippen molar-refractivity contribution in [2.75, 3.05) is 19.8 Å². The Hall–Kier alpha value is -1.07. The van der Waals surface area contributed by atoms with Crippen LogP contribution in [0.5, 0.6) is 0 Å². The van der Waals surface area contributed by atoms with E-state index in [4.69, 9.17) is 4.74 Å². The van der Waals surface area contributed by atoms with E-state index in [-0.39, 0.29) is 0 Å². The van der Waals surface area contributed by atoms with E-state index in [0.717, 1.165) is 19.4 Å². The topological polar surface area (TPSA) is 21.3 Å². The van der Waals surface area contributed by atoms with Crippen LogP contribution >= 0.6 is 0 Å². The minimum atomic E-state index is -4.17. The summed E-state index contributed by atoms with van der Waals surface area (Å²) in [5.74, 6) is 0.309. The summed E-state index contributed by atoms with van der Waals surface area (Å²) >= 11 is 0. The molecule has 0 aliphatic carbocycles. The lowest BCUT2D eigenvalue weighted by Crippen LogP contribution is -2.33. The van der Waals surface area contributed by atoms with Crippen molar-refractivity contribution < 1.29 is 17.9 Å². The maximum absolute atomic E-state index is 12.7. The number of ether oxygens (including phenoxy) is 1. The monoisotopic (exact) mass is 287 g/mol. The standard InChI is InChI=1S/C15H20F3NO/c16-15(17,18)9-14(13-6-2-1-3-7-13)19-10-12-5-4-8-20-11-12/h1-3,6-7,12,14,19H,4-5,8-11H2. The predicted octanol–water partition coefficient (Wildman–Crippen LogP) is 3.70. The Labute approximate surface area is 117 Å². The summed E-state index contributed by atoms with van der Waals surface area (Å²) in [6.45, 7) is 1.97. The van der Waals surface area contributed by atoms with Crippen LogP contribution in [0, 0.1) is 5.92 Å². The lowest BCUT2D eigenvalue weighted by molar-refractivity contribution is -0.140. The third kappa shape index (κ3) is 5.13. The molecular formula is C15H20F3NO. The van der Waals surface area contributed by atoms with Crippen LogP contribution in [0.4, 0.5) is 13.2 Å². The molecule has 2 unspecified atom stereocenters. The van der Waals surface area contributed by atoms with Gasteiger partial charge in [-0.05, 0) is 24.3 Å². The van der Waals surface area contributed by atoms with Crippen molar-refractivity contribution >= 4 is 0 Å². The van der Waals surface area contributed by atoms with E-state index >= 15 is 0 Å². The maximum atomic E-state index is 12.7. The van der Waals surface area contributed by atoms with Gasteiger partial charge in [-0.2, -0.15) is 13.2 Å². The second-order valence-electron chi connectivity index (χ2n) is 5.27. The molecule has 1 aromatic carbocycles. The summed E-state index contributed by atoms with van der Waals surface area (Å²) in [5, 5.41) is 3.06. The van der Waals surface area contributed by atoms with E-state index in [9.17, 15) is 13.2 Å². The van der Waals surface area contributed by atoms with E-state index in [1.165, 1.54) is 0 Å². The number of nitrogens with one attached hydrogen (secondary N) is 1. The predicted molar refractivity (Wildman–Crippen MR) is 71.4 cm³/mol. The van der Waals surface area contributed by atoms with Gasteiger partial charge in [-0.1, -0.05) is 30.3 Å². The first kappa shape index (κ1) is 15.3. The lowest BCUT2D eigenvalue weighted by atomic mass is 9.99. The molecule has 1 saturated heterocycles. The second kappa shape index (κ2) is 7.09. The fraction of sp³-hybridized carbons (Fsp3) is 0.600. The fourth-order valence-electron chi connectivity index (χ4n) is 2.50. The average Bonchev–Trinajstić information content (AvgIpc) is 2.44. The molecule has 5 heteroatoms. The van der Waals surface area contributed by atoms with E-state index in [1.54, 1.807) is 24.3 Å². The van der Waals surface area contributed by atoms with Crippen LogP contribution in [0.1, 0.15) is 30.9 Å². The van der Waals surface area contributed by atoms with Crippen LogP contribution in [-0.4, -0.2) is 25.9 Å². The van der Waals surface area contributed by atoms with Gasteiger partial charge in [0.2, 0.25) is 0 Å². The zero-order chi connectivity index (χ0) is 14.4. The minimum Gasteiger partial charge on any atom is -0.381 e. The van der Waals surface area contributed by atoms with Crippen LogP contribution in [0.3, 0.4) is 0 Å². The molecule has 0 saturated carbocycles. The molecule has 0 spiro atoms. The van der Waals surface area contributed by atoms with Crippen molar-refractivity contribution in [3.8, 4) is 0 Å².